The first kappa shape index (κ1) is 21.8. The number of ether oxygens (including phenoxy) is 2. The molecule has 2 aromatic rings. The Kier molecular flexibility index (Phi) is 7.90. The van der Waals surface area contributed by atoms with Gasteiger partial charge in [-0.15, -0.1) is 0 Å². The molecule has 0 fully saturated rings. The lowest BCUT2D eigenvalue weighted by Gasteiger charge is -2.20. The molecule has 1 aromatic carbocycles. The zero-order valence-corrected chi connectivity index (χ0v) is 15.6. The molecule has 2 rings (SSSR count). The van der Waals surface area contributed by atoms with Crippen LogP contribution in [-0.4, -0.2) is 25.4 Å². The molecule has 1 aromatic heterocycles. The van der Waals surface area contributed by atoms with Gasteiger partial charge in [0.05, 0.1) is 30.6 Å². The summed E-state index contributed by atoms with van der Waals surface area (Å²) >= 11 is 0. The molecule has 1 heterocycles. The molecule has 0 amide bonds. The first-order chi connectivity index (χ1) is 13.3. The first-order valence-corrected chi connectivity index (χ1v) is 9.19. The molecule has 0 saturated carbocycles. The standard InChI is InChI=1S/C20H23F3O5/c1-2-18(24)27-12-6-8-14(20(21,22)23)7-5-11-26-17-13-19(25)28-16-10-4-3-9-15(16)17/h3-4,9-10,13-14H,2,5-8,11-12H2,1H3. The third-order valence-electron chi connectivity index (χ3n) is 4.28. The molecule has 0 aliphatic carbocycles. The van der Waals surface area contributed by atoms with E-state index in [4.69, 9.17) is 13.9 Å². The molecule has 1 atom stereocenters. The molecule has 1 unspecified atom stereocenters. The Labute approximate surface area is 160 Å². The zero-order chi connectivity index (χ0) is 20.6. The van der Waals surface area contributed by atoms with E-state index in [2.05, 4.69) is 0 Å². The predicted molar refractivity (Wildman–Crippen MR) is 97.2 cm³/mol. The van der Waals surface area contributed by atoms with E-state index >= 15 is 0 Å². The lowest BCUT2D eigenvalue weighted by molar-refractivity contribution is -0.179. The van der Waals surface area contributed by atoms with Crippen LogP contribution in [0.3, 0.4) is 0 Å². The third kappa shape index (κ3) is 6.58. The topological polar surface area (TPSA) is 65.7 Å². The van der Waals surface area contributed by atoms with Crippen LogP contribution < -0.4 is 10.4 Å². The number of hydrogen-bond acceptors (Lipinski definition) is 5. The molecule has 0 bridgehead atoms. The largest absolute Gasteiger partial charge is 0.493 e. The van der Waals surface area contributed by atoms with Crippen molar-refractivity contribution < 1.29 is 31.9 Å². The minimum Gasteiger partial charge on any atom is -0.493 e. The number of benzene rings is 1. The summed E-state index contributed by atoms with van der Waals surface area (Å²) in [5, 5.41) is 0.590. The van der Waals surface area contributed by atoms with E-state index < -0.39 is 23.7 Å². The van der Waals surface area contributed by atoms with Crippen LogP contribution in [0.25, 0.3) is 11.0 Å². The maximum atomic E-state index is 13.2. The van der Waals surface area contributed by atoms with Crippen LogP contribution in [0.5, 0.6) is 5.75 Å². The summed E-state index contributed by atoms with van der Waals surface area (Å²) in [7, 11) is 0. The van der Waals surface area contributed by atoms with Gasteiger partial charge >= 0.3 is 17.8 Å². The van der Waals surface area contributed by atoms with Crippen molar-refractivity contribution >= 4 is 16.9 Å². The minimum absolute atomic E-state index is 0.0124. The van der Waals surface area contributed by atoms with Crippen molar-refractivity contribution in [3.63, 3.8) is 0 Å². The van der Waals surface area contributed by atoms with E-state index in [1.54, 1.807) is 31.2 Å². The van der Waals surface area contributed by atoms with Crippen LogP contribution in [0.4, 0.5) is 13.2 Å². The Balaban J connectivity index is 1.85. The average molecular weight is 400 g/mol. The van der Waals surface area contributed by atoms with Gasteiger partial charge in [0.25, 0.3) is 0 Å². The fourth-order valence-corrected chi connectivity index (χ4v) is 2.80. The molecule has 0 N–H and O–H groups in total. The molecule has 0 saturated heterocycles. The van der Waals surface area contributed by atoms with Gasteiger partial charge in [-0.05, 0) is 37.8 Å². The second kappa shape index (κ2) is 10.1. The monoisotopic (exact) mass is 400 g/mol. The lowest BCUT2D eigenvalue weighted by Crippen LogP contribution is -2.24. The van der Waals surface area contributed by atoms with Gasteiger partial charge in [0, 0.05) is 6.42 Å². The predicted octanol–water partition coefficient (Wildman–Crippen LogP) is 4.86. The average Bonchev–Trinajstić information content (AvgIpc) is 2.65. The number of alkyl halides is 3. The van der Waals surface area contributed by atoms with Crippen LogP contribution in [0.15, 0.2) is 39.5 Å². The smallest absolute Gasteiger partial charge is 0.391 e. The van der Waals surface area contributed by atoms with E-state index in [-0.39, 0.29) is 45.3 Å². The fourth-order valence-electron chi connectivity index (χ4n) is 2.80. The molecule has 0 aliphatic rings. The van der Waals surface area contributed by atoms with Crippen molar-refractivity contribution in [1.82, 2.24) is 0 Å². The summed E-state index contributed by atoms with van der Waals surface area (Å²) in [5.74, 6) is -1.62. The normalized spacial score (nSPS) is 12.7. The Morgan fingerprint density at radius 1 is 1.14 bits per heavy atom. The number of esters is 1. The van der Waals surface area contributed by atoms with E-state index in [9.17, 15) is 22.8 Å². The van der Waals surface area contributed by atoms with Gasteiger partial charge in [0.1, 0.15) is 11.3 Å². The Morgan fingerprint density at radius 2 is 1.82 bits per heavy atom. The Bertz CT molecular complexity index is 828. The van der Waals surface area contributed by atoms with Crippen LogP contribution in [0.2, 0.25) is 0 Å². The zero-order valence-electron chi connectivity index (χ0n) is 15.6. The highest BCUT2D eigenvalue weighted by Crippen LogP contribution is 2.33. The highest BCUT2D eigenvalue weighted by Gasteiger charge is 2.38. The molecule has 154 valence electrons. The SMILES string of the molecule is CCC(=O)OCCCC(CCCOc1cc(=O)oc2ccccc12)C(F)(F)F. The van der Waals surface area contributed by atoms with Gasteiger partial charge in [-0.3, -0.25) is 4.79 Å². The van der Waals surface area contributed by atoms with Crippen molar-refractivity contribution in [3.8, 4) is 5.75 Å². The van der Waals surface area contributed by atoms with Gasteiger partial charge in [-0.1, -0.05) is 19.1 Å². The number of para-hydroxylation sites is 1. The van der Waals surface area contributed by atoms with Gasteiger partial charge in [-0.25, -0.2) is 4.79 Å². The van der Waals surface area contributed by atoms with Gasteiger partial charge in [0.15, 0.2) is 0 Å². The summed E-state index contributed by atoms with van der Waals surface area (Å²) in [5.41, 5.74) is -0.219. The Morgan fingerprint density at radius 3 is 2.50 bits per heavy atom. The number of halogens is 3. The van der Waals surface area contributed by atoms with Crippen molar-refractivity contribution in [1.29, 1.82) is 0 Å². The molecule has 28 heavy (non-hydrogen) atoms. The highest BCUT2D eigenvalue weighted by atomic mass is 19.4. The maximum Gasteiger partial charge on any atom is 0.391 e. The summed E-state index contributed by atoms with van der Waals surface area (Å²) in [6.07, 6.45) is -4.01. The summed E-state index contributed by atoms with van der Waals surface area (Å²) < 4.78 is 55.0. The van der Waals surface area contributed by atoms with Gasteiger partial charge in [-0.2, -0.15) is 13.2 Å². The summed E-state index contributed by atoms with van der Waals surface area (Å²) in [6.45, 7) is 1.66. The Hall–Kier alpha value is -2.51. The van der Waals surface area contributed by atoms with Crippen molar-refractivity contribution in [2.75, 3.05) is 13.2 Å². The number of fused-ring (bicyclic) bond motifs is 1. The second-order valence-corrected chi connectivity index (χ2v) is 6.37. The molecule has 5 nitrogen and oxygen atoms in total. The van der Waals surface area contributed by atoms with Gasteiger partial charge in [0.2, 0.25) is 0 Å². The van der Waals surface area contributed by atoms with Crippen molar-refractivity contribution in [2.24, 2.45) is 5.92 Å². The second-order valence-electron chi connectivity index (χ2n) is 6.37. The van der Waals surface area contributed by atoms with Crippen LogP contribution in [0, 0.1) is 5.92 Å². The summed E-state index contributed by atoms with van der Waals surface area (Å²) in [4.78, 5) is 22.6. The third-order valence-corrected chi connectivity index (χ3v) is 4.28. The number of hydrogen-bond donors (Lipinski definition) is 0. The summed E-state index contributed by atoms with van der Waals surface area (Å²) in [6, 6.07) is 7.98. The highest BCUT2D eigenvalue weighted by molar-refractivity contribution is 5.82. The van der Waals surface area contributed by atoms with E-state index in [1.165, 1.54) is 6.07 Å². The number of carbonyl (C=O) groups excluding carboxylic acids is 1. The molecular formula is C20H23F3O5. The molecule has 0 spiro atoms. The minimum atomic E-state index is -4.32. The maximum absolute atomic E-state index is 13.2. The van der Waals surface area contributed by atoms with Crippen molar-refractivity contribution in [2.45, 2.75) is 45.2 Å². The first-order valence-electron chi connectivity index (χ1n) is 9.19. The molecule has 0 aliphatic heterocycles. The van der Waals surface area contributed by atoms with Crippen molar-refractivity contribution in [3.05, 3.63) is 40.8 Å². The van der Waals surface area contributed by atoms with E-state index in [1.807, 2.05) is 0 Å². The van der Waals surface area contributed by atoms with Crippen LogP contribution >= 0.6 is 0 Å². The van der Waals surface area contributed by atoms with E-state index in [0.717, 1.165) is 0 Å². The molecule has 0 radical (unpaired) electrons. The lowest BCUT2D eigenvalue weighted by atomic mass is 9.97. The van der Waals surface area contributed by atoms with E-state index in [0.29, 0.717) is 16.7 Å². The molecule has 8 heteroatoms. The van der Waals surface area contributed by atoms with Gasteiger partial charge < -0.3 is 13.9 Å². The van der Waals surface area contributed by atoms with Crippen LogP contribution in [-0.2, 0) is 9.53 Å². The fraction of sp³-hybridized carbons (Fsp3) is 0.500. The number of rotatable bonds is 10. The number of carbonyl (C=O) groups is 1. The van der Waals surface area contributed by atoms with Crippen LogP contribution in [0.1, 0.15) is 39.0 Å². The quantitative estimate of drug-likeness (QED) is 0.324. The molecular weight excluding hydrogens is 377 g/mol.